The molecule has 3 unspecified atom stereocenters. The van der Waals surface area contributed by atoms with E-state index in [1.165, 1.54) is 0 Å². The number of hydrogen-bond donors (Lipinski definition) is 2. The van der Waals surface area contributed by atoms with Gasteiger partial charge in [0.2, 0.25) is 0 Å². The normalized spacial score (nSPS) is 19.1. The molecule has 0 aliphatic carbocycles. The SMILES string of the molecule is CCC(C)(CCC([SiH3])O[Si](C)(C)C)OCC(O)CO. The molecule has 0 fully saturated rings. The van der Waals surface area contributed by atoms with E-state index in [4.69, 9.17) is 14.3 Å². The van der Waals surface area contributed by atoms with Gasteiger partial charge >= 0.3 is 0 Å². The van der Waals surface area contributed by atoms with Gasteiger partial charge in [0.05, 0.1) is 18.8 Å². The molecule has 0 saturated carbocycles. The molecule has 3 atom stereocenters. The molecule has 0 amide bonds. The first-order chi connectivity index (χ1) is 8.62. The quantitative estimate of drug-likeness (QED) is 0.588. The Labute approximate surface area is 122 Å². The summed E-state index contributed by atoms with van der Waals surface area (Å²) in [6.45, 7) is 10.7. The van der Waals surface area contributed by atoms with E-state index in [-0.39, 0.29) is 18.8 Å². The molecule has 0 aromatic carbocycles. The first-order valence-electron chi connectivity index (χ1n) is 7.22. The summed E-state index contributed by atoms with van der Waals surface area (Å²) in [7, 11) is -0.413. The fourth-order valence-electron chi connectivity index (χ4n) is 1.87. The summed E-state index contributed by atoms with van der Waals surface area (Å²) >= 11 is 0. The lowest BCUT2D eigenvalue weighted by Crippen LogP contribution is -2.36. The monoisotopic (exact) mass is 308 g/mol. The van der Waals surface area contributed by atoms with Crippen LogP contribution in [0, 0.1) is 0 Å². The van der Waals surface area contributed by atoms with E-state index in [0.717, 1.165) is 29.5 Å². The second-order valence-electron chi connectivity index (χ2n) is 6.53. The Morgan fingerprint density at radius 1 is 1.32 bits per heavy atom. The molecule has 19 heavy (non-hydrogen) atoms. The molecule has 4 nitrogen and oxygen atoms in total. The Kier molecular flexibility index (Phi) is 8.66. The van der Waals surface area contributed by atoms with Crippen molar-refractivity contribution in [1.82, 2.24) is 0 Å². The lowest BCUT2D eigenvalue weighted by atomic mass is 9.97. The molecule has 0 aromatic rings. The van der Waals surface area contributed by atoms with Crippen LogP contribution >= 0.6 is 0 Å². The van der Waals surface area contributed by atoms with Crippen LogP contribution in [0.5, 0.6) is 0 Å². The topological polar surface area (TPSA) is 58.9 Å². The smallest absolute Gasteiger partial charge is 0.183 e. The first-order valence-corrected chi connectivity index (χ1v) is 11.8. The molecule has 2 N–H and O–H groups in total. The fraction of sp³-hybridized carbons (Fsp3) is 1.00. The molecule has 0 aliphatic heterocycles. The predicted molar refractivity (Wildman–Crippen MR) is 85.1 cm³/mol. The Hall–Kier alpha value is 0.274. The third kappa shape index (κ3) is 9.75. The minimum absolute atomic E-state index is 0.196. The minimum atomic E-state index is -1.45. The Morgan fingerprint density at radius 3 is 2.32 bits per heavy atom. The van der Waals surface area contributed by atoms with E-state index in [1.807, 2.05) is 0 Å². The predicted octanol–water partition coefficient (Wildman–Crippen LogP) is 0.848. The number of rotatable bonds is 10. The van der Waals surface area contributed by atoms with E-state index in [2.05, 4.69) is 33.5 Å². The maximum absolute atomic E-state index is 9.36. The van der Waals surface area contributed by atoms with Gasteiger partial charge in [-0.15, -0.1) is 0 Å². The Morgan fingerprint density at radius 2 is 1.89 bits per heavy atom. The number of ether oxygens (including phenoxy) is 1. The van der Waals surface area contributed by atoms with E-state index >= 15 is 0 Å². The molecule has 0 heterocycles. The summed E-state index contributed by atoms with van der Waals surface area (Å²) < 4.78 is 11.9. The molecule has 0 rings (SSSR count). The van der Waals surface area contributed by atoms with Crippen molar-refractivity contribution >= 4 is 18.6 Å². The molecule has 0 spiro atoms. The van der Waals surface area contributed by atoms with Crippen LogP contribution in [0.15, 0.2) is 0 Å². The molecule has 0 bridgehead atoms. The number of hydrogen-bond acceptors (Lipinski definition) is 4. The van der Waals surface area contributed by atoms with Crippen LogP contribution in [0.25, 0.3) is 0 Å². The van der Waals surface area contributed by atoms with Crippen molar-refractivity contribution in [3.05, 3.63) is 0 Å². The van der Waals surface area contributed by atoms with Crippen molar-refractivity contribution in [1.29, 1.82) is 0 Å². The summed E-state index contributed by atoms with van der Waals surface area (Å²) in [5.74, 6) is 0. The molecule has 116 valence electrons. The lowest BCUT2D eigenvalue weighted by Gasteiger charge is -2.32. The molecule has 0 aliphatic rings. The molecular weight excluding hydrogens is 276 g/mol. The van der Waals surface area contributed by atoms with Gasteiger partial charge in [0.25, 0.3) is 0 Å². The molecule has 0 radical (unpaired) electrons. The maximum atomic E-state index is 9.36. The van der Waals surface area contributed by atoms with E-state index < -0.39 is 14.4 Å². The zero-order valence-electron chi connectivity index (χ0n) is 13.4. The third-order valence-corrected chi connectivity index (χ3v) is 5.61. The maximum Gasteiger partial charge on any atom is 0.183 e. The van der Waals surface area contributed by atoms with Crippen molar-refractivity contribution in [2.75, 3.05) is 13.2 Å². The van der Waals surface area contributed by atoms with Crippen molar-refractivity contribution in [3.63, 3.8) is 0 Å². The Balaban J connectivity index is 4.16. The third-order valence-electron chi connectivity index (χ3n) is 3.22. The minimum Gasteiger partial charge on any atom is -0.419 e. The van der Waals surface area contributed by atoms with Crippen LogP contribution in [-0.2, 0) is 9.16 Å². The summed E-state index contributed by atoms with van der Waals surface area (Å²) in [5.41, 5.74) is 0.144. The zero-order chi connectivity index (χ0) is 15.1. The number of aliphatic hydroxyl groups is 2. The van der Waals surface area contributed by atoms with Gasteiger partial charge < -0.3 is 19.4 Å². The van der Waals surface area contributed by atoms with Crippen LogP contribution in [0.1, 0.15) is 33.1 Å². The van der Waals surface area contributed by atoms with E-state index in [0.29, 0.717) is 5.73 Å². The van der Waals surface area contributed by atoms with Crippen LogP contribution in [-0.4, -0.2) is 59.4 Å². The zero-order valence-corrected chi connectivity index (χ0v) is 16.4. The summed E-state index contributed by atoms with van der Waals surface area (Å²) in [6, 6.07) is 0. The van der Waals surface area contributed by atoms with E-state index in [1.54, 1.807) is 0 Å². The standard InChI is InChI=1S/C13H32O4Si2/c1-6-13(2,16-10-11(15)9-14)8-7-12(18)17-19(3,4)5/h11-12,14-15H,6-10H2,1-5,18H3. The van der Waals surface area contributed by atoms with Crippen LogP contribution in [0.2, 0.25) is 19.6 Å². The number of aliphatic hydroxyl groups excluding tert-OH is 2. The average molecular weight is 309 g/mol. The first kappa shape index (κ1) is 19.3. The Bertz CT molecular complexity index is 245. The molecule has 0 saturated heterocycles. The van der Waals surface area contributed by atoms with Crippen LogP contribution < -0.4 is 0 Å². The van der Waals surface area contributed by atoms with Gasteiger partial charge in [0, 0.05) is 16.0 Å². The van der Waals surface area contributed by atoms with Crippen molar-refractivity contribution in [2.24, 2.45) is 0 Å². The van der Waals surface area contributed by atoms with Crippen molar-refractivity contribution in [2.45, 2.75) is 70.2 Å². The summed E-state index contributed by atoms with van der Waals surface area (Å²) in [5, 5.41) is 18.2. The lowest BCUT2D eigenvalue weighted by molar-refractivity contribution is -0.0875. The summed E-state index contributed by atoms with van der Waals surface area (Å²) in [6.07, 6.45) is 2.05. The van der Waals surface area contributed by atoms with Gasteiger partial charge in [-0.05, 0) is 45.8 Å². The van der Waals surface area contributed by atoms with Gasteiger partial charge in [0.1, 0.15) is 6.10 Å². The summed E-state index contributed by atoms with van der Waals surface area (Å²) in [4.78, 5) is 0. The van der Waals surface area contributed by atoms with Crippen molar-refractivity contribution < 1.29 is 19.4 Å². The highest BCUT2D eigenvalue weighted by Crippen LogP contribution is 2.24. The second kappa shape index (κ2) is 8.54. The highest BCUT2D eigenvalue weighted by Gasteiger charge is 2.26. The highest BCUT2D eigenvalue weighted by atomic mass is 28.4. The molecule has 6 heteroatoms. The van der Waals surface area contributed by atoms with Gasteiger partial charge in [0.15, 0.2) is 8.32 Å². The van der Waals surface area contributed by atoms with Gasteiger partial charge in [-0.3, -0.25) is 0 Å². The van der Waals surface area contributed by atoms with Crippen LogP contribution in [0.3, 0.4) is 0 Å². The highest BCUT2D eigenvalue weighted by molar-refractivity contribution is 6.70. The molecular formula is C13H32O4Si2. The van der Waals surface area contributed by atoms with E-state index in [9.17, 15) is 5.11 Å². The fourth-order valence-corrected chi connectivity index (χ4v) is 5.61. The molecule has 0 aromatic heterocycles. The largest absolute Gasteiger partial charge is 0.419 e. The van der Waals surface area contributed by atoms with Gasteiger partial charge in [-0.25, -0.2) is 0 Å². The second-order valence-corrected chi connectivity index (χ2v) is 12.3. The van der Waals surface area contributed by atoms with Crippen molar-refractivity contribution in [3.8, 4) is 0 Å². The average Bonchev–Trinajstić information content (AvgIpc) is 2.31. The van der Waals surface area contributed by atoms with Crippen LogP contribution in [0.4, 0.5) is 0 Å². The van der Waals surface area contributed by atoms with Gasteiger partial charge in [-0.2, -0.15) is 0 Å². The van der Waals surface area contributed by atoms with Gasteiger partial charge in [-0.1, -0.05) is 6.92 Å².